The van der Waals surface area contributed by atoms with E-state index in [0.29, 0.717) is 23.4 Å². The van der Waals surface area contributed by atoms with Gasteiger partial charge in [-0.2, -0.15) is 5.10 Å². The first kappa shape index (κ1) is 18.9. The van der Waals surface area contributed by atoms with Crippen molar-refractivity contribution in [2.24, 2.45) is 0 Å². The number of benzene rings is 2. The number of aromatic carboxylic acids is 1. The van der Waals surface area contributed by atoms with Crippen LogP contribution in [0.3, 0.4) is 0 Å². The van der Waals surface area contributed by atoms with Gasteiger partial charge in [-0.05, 0) is 48.4 Å². The molecule has 3 rings (SSSR count). The van der Waals surface area contributed by atoms with Gasteiger partial charge in [-0.3, -0.25) is 0 Å². The molecule has 0 aliphatic heterocycles. The average molecular weight is 362 g/mol. The smallest absolute Gasteiger partial charge is 0.339 e. The zero-order valence-electron chi connectivity index (χ0n) is 16.4. The second kappa shape index (κ2) is 7.39. The number of hydrogen-bond donors (Lipinski definition) is 1. The summed E-state index contributed by atoms with van der Waals surface area (Å²) in [5.41, 5.74) is 4.97. The number of carbonyl (C=O) groups is 1. The monoisotopic (exact) mass is 362 g/mol. The van der Waals surface area contributed by atoms with Crippen LogP contribution in [0.25, 0.3) is 5.69 Å². The molecule has 0 aliphatic carbocycles. The van der Waals surface area contributed by atoms with E-state index in [0.717, 1.165) is 12.1 Å². The van der Waals surface area contributed by atoms with E-state index in [-0.39, 0.29) is 5.41 Å². The molecule has 0 fully saturated rings. The van der Waals surface area contributed by atoms with E-state index in [1.54, 1.807) is 4.68 Å². The summed E-state index contributed by atoms with van der Waals surface area (Å²) < 4.78 is 1.75. The molecule has 0 bridgehead atoms. The van der Waals surface area contributed by atoms with Gasteiger partial charge in [0, 0.05) is 0 Å². The highest BCUT2D eigenvalue weighted by atomic mass is 16.4. The van der Waals surface area contributed by atoms with Crippen LogP contribution in [0.4, 0.5) is 0 Å². The standard InChI is InChI=1S/C23H26N2O2/c1-16-21(22(26)27)20(15-10-17-8-6-5-7-9-17)24-25(16)19-13-11-18(12-14-19)23(2,3)4/h5-9,11-14H,10,15H2,1-4H3,(H,26,27). The van der Waals surface area contributed by atoms with E-state index < -0.39 is 5.97 Å². The second-order valence-electron chi connectivity index (χ2n) is 7.91. The van der Waals surface area contributed by atoms with Crippen molar-refractivity contribution in [3.63, 3.8) is 0 Å². The average Bonchev–Trinajstić information content (AvgIpc) is 2.97. The number of nitrogens with zero attached hydrogens (tertiary/aromatic N) is 2. The first-order valence-corrected chi connectivity index (χ1v) is 9.24. The molecule has 1 N–H and O–H groups in total. The Bertz CT molecular complexity index is 933. The minimum atomic E-state index is -0.923. The zero-order chi connectivity index (χ0) is 19.6. The molecule has 4 heteroatoms. The topological polar surface area (TPSA) is 55.1 Å². The predicted octanol–water partition coefficient (Wildman–Crippen LogP) is 4.96. The number of rotatable bonds is 5. The number of aromatic nitrogens is 2. The molecular formula is C23H26N2O2. The molecule has 2 aromatic carbocycles. The Labute approximate surface area is 160 Å². The van der Waals surface area contributed by atoms with Crippen LogP contribution in [-0.2, 0) is 18.3 Å². The highest BCUT2D eigenvalue weighted by molar-refractivity contribution is 5.90. The van der Waals surface area contributed by atoms with Gasteiger partial charge in [0.1, 0.15) is 5.56 Å². The fourth-order valence-corrected chi connectivity index (χ4v) is 3.28. The Hall–Kier alpha value is -2.88. The Morgan fingerprint density at radius 2 is 1.63 bits per heavy atom. The quantitative estimate of drug-likeness (QED) is 0.698. The summed E-state index contributed by atoms with van der Waals surface area (Å²) in [4.78, 5) is 11.8. The molecule has 0 amide bonds. The largest absolute Gasteiger partial charge is 0.478 e. The molecule has 0 unspecified atom stereocenters. The maximum Gasteiger partial charge on any atom is 0.339 e. The summed E-state index contributed by atoms with van der Waals surface area (Å²) in [7, 11) is 0. The van der Waals surface area contributed by atoms with E-state index >= 15 is 0 Å². The van der Waals surface area contributed by atoms with Crippen molar-refractivity contribution in [2.45, 2.75) is 46.0 Å². The lowest BCUT2D eigenvalue weighted by Gasteiger charge is -2.19. The van der Waals surface area contributed by atoms with Gasteiger partial charge in [0.15, 0.2) is 0 Å². The van der Waals surface area contributed by atoms with Crippen LogP contribution in [0.5, 0.6) is 0 Å². The highest BCUT2D eigenvalue weighted by Gasteiger charge is 2.21. The van der Waals surface area contributed by atoms with E-state index in [1.165, 1.54) is 11.1 Å². The van der Waals surface area contributed by atoms with Gasteiger partial charge in [0.05, 0.1) is 17.1 Å². The van der Waals surface area contributed by atoms with Crippen LogP contribution in [0, 0.1) is 6.92 Å². The van der Waals surface area contributed by atoms with Crippen LogP contribution in [0.1, 0.15) is 53.6 Å². The van der Waals surface area contributed by atoms with E-state index in [9.17, 15) is 9.90 Å². The van der Waals surface area contributed by atoms with Crippen LogP contribution in [-0.4, -0.2) is 20.9 Å². The van der Waals surface area contributed by atoms with Crippen LogP contribution in [0.15, 0.2) is 54.6 Å². The summed E-state index contributed by atoms with van der Waals surface area (Å²) in [6, 6.07) is 18.3. The third kappa shape index (κ3) is 4.11. The number of aryl methyl sites for hydroxylation is 2. The summed E-state index contributed by atoms with van der Waals surface area (Å²) in [6.07, 6.45) is 1.36. The van der Waals surface area contributed by atoms with Crippen molar-refractivity contribution in [1.82, 2.24) is 9.78 Å². The molecule has 0 saturated heterocycles. The minimum absolute atomic E-state index is 0.0742. The lowest BCUT2D eigenvalue weighted by atomic mass is 9.87. The molecule has 140 valence electrons. The molecular weight excluding hydrogens is 336 g/mol. The molecule has 1 heterocycles. The van der Waals surface area contributed by atoms with Crippen molar-refractivity contribution in [3.8, 4) is 5.69 Å². The molecule has 0 spiro atoms. The molecule has 0 aliphatic rings. The number of carboxylic acid groups (broad SMARTS) is 1. The van der Waals surface area contributed by atoms with E-state index in [1.807, 2.05) is 37.3 Å². The van der Waals surface area contributed by atoms with Gasteiger partial charge in [0.25, 0.3) is 0 Å². The Morgan fingerprint density at radius 1 is 1.00 bits per heavy atom. The lowest BCUT2D eigenvalue weighted by Crippen LogP contribution is -2.11. The SMILES string of the molecule is Cc1c(C(=O)O)c(CCc2ccccc2)nn1-c1ccc(C(C)(C)C)cc1. The molecule has 0 radical (unpaired) electrons. The van der Waals surface area contributed by atoms with Gasteiger partial charge in [-0.25, -0.2) is 9.48 Å². The maximum atomic E-state index is 11.8. The molecule has 1 aromatic heterocycles. The molecule has 0 saturated carbocycles. The maximum absolute atomic E-state index is 11.8. The second-order valence-corrected chi connectivity index (χ2v) is 7.91. The highest BCUT2D eigenvalue weighted by Crippen LogP contribution is 2.25. The van der Waals surface area contributed by atoms with Crippen LogP contribution in [0.2, 0.25) is 0 Å². The van der Waals surface area contributed by atoms with Crippen molar-refractivity contribution in [1.29, 1.82) is 0 Å². The van der Waals surface area contributed by atoms with E-state index in [4.69, 9.17) is 0 Å². The predicted molar refractivity (Wildman–Crippen MR) is 108 cm³/mol. The van der Waals surface area contributed by atoms with Gasteiger partial charge in [0.2, 0.25) is 0 Å². The zero-order valence-corrected chi connectivity index (χ0v) is 16.4. The lowest BCUT2D eigenvalue weighted by molar-refractivity contribution is 0.0695. The number of hydrogen-bond acceptors (Lipinski definition) is 2. The minimum Gasteiger partial charge on any atom is -0.478 e. The summed E-state index contributed by atoms with van der Waals surface area (Å²) in [6.45, 7) is 8.34. The fraction of sp³-hybridized carbons (Fsp3) is 0.304. The van der Waals surface area contributed by atoms with Gasteiger partial charge in [-0.15, -0.1) is 0 Å². The van der Waals surface area contributed by atoms with Gasteiger partial charge in [-0.1, -0.05) is 63.2 Å². The normalized spacial score (nSPS) is 11.6. The van der Waals surface area contributed by atoms with Gasteiger partial charge < -0.3 is 5.11 Å². The third-order valence-corrected chi connectivity index (χ3v) is 4.87. The van der Waals surface area contributed by atoms with Gasteiger partial charge >= 0.3 is 5.97 Å². The summed E-state index contributed by atoms with van der Waals surface area (Å²) in [5, 5.41) is 14.3. The van der Waals surface area contributed by atoms with Crippen molar-refractivity contribution >= 4 is 5.97 Å². The van der Waals surface area contributed by atoms with Crippen molar-refractivity contribution in [2.75, 3.05) is 0 Å². The Kier molecular flexibility index (Phi) is 5.17. The Balaban J connectivity index is 1.93. The number of carboxylic acids is 1. The van der Waals surface area contributed by atoms with Crippen LogP contribution >= 0.6 is 0 Å². The van der Waals surface area contributed by atoms with E-state index in [2.05, 4.69) is 50.1 Å². The van der Waals surface area contributed by atoms with Crippen molar-refractivity contribution in [3.05, 3.63) is 82.7 Å². The van der Waals surface area contributed by atoms with Crippen LogP contribution < -0.4 is 0 Å². The first-order valence-electron chi connectivity index (χ1n) is 9.24. The third-order valence-electron chi connectivity index (χ3n) is 4.87. The molecule has 27 heavy (non-hydrogen) atoms. The fourth-order valence-electron chi connectivity index (χ4n) is 3.28. The summed E-state index contributed by atoms with van der Waals surface area (Å²) >= 11 is 0. The Morgan fingerprint density at radius 3 is 2.19 bits per heavy atom. The molecule has 4 nitrogen and oxygen atoms in total. The molecule has 0 atom stereocenters. The van der Waals surface area contributed by atoms with Crippen molar-refractivity contribution < 1.29 is 9.90 Å². The summed E-state index contributed by atoms with van der Waals surface area (Å²) in [5.74, 6) is -0.923. The molecule has 3 aromatic rings. The first-order chi connectivity index (χ1) is 12.8.